The van der Waals surface area contributed by atoms with Gasteiger partial charge in [-0.15, -0.1) is 0 Å². The molecule has 0 aromatic carbocycles. The van der Waals surface area contributed by atoms with Crippen molar-refractivity contribution < 1.29 is 19.7 Å². The SMILES string of the molecule is C[SiH](C)OCCC[C@]1(O)[C@H]2C[C@H]2C2C3C(CC[C@@]21C)[C@@]1(C)CC[C@H](O)C[C@@]1(O)[C@@H]1C[C@H]31. The van der Waals surface area contributed by atoms with Gasteiger partial charge in [-0.25, -0.2) is 0 Å². The Hall–Kier alpha value is 0.0569. The summed E-state index contributed by atoms with van der Waals surface area (Å²) in [5, 5.41) is 34.5. The lowest BCUT2D eigenvalue weighted by molar-refractivity contribution is -0.237. The molecular weight excluding hydrogens is 404 g/mol. The van der Waals surface area contributed by atoms with E-state index < -0.39 is 20.2 Å². The molecule has 6 rings (SSSR count). The molecule has 6 fully saturated rings. The number of aliphatic hydroxyl groups is 3. The fourth-order valence-corrected chi connectivity index (χ4v) is 11.1. The zero-order valence-electron chi connectivity index (χ0n) is 20.0. The number of hydrogen-bond acceptors (Lipinski definition) is 4. The maximum Gasteiger partial charge on any atom is 0.170 e. The average Bonchev–Trinajstić information content (AvgIpc) is 3.59. The van der Waals surface area contributed by atoms with Crippen LogP contribution in [0.3, 0.4) is 0 Å². The molecule has 0 aliphatic heterocycles. The number of rotatable bonds is 5. The van der Waals surface area contributed by atoms with Crippen LogP contribution in [0.25, 0.3) is 0 Å². The Balaban J connectivity index is 1.29. The van der Waals surface area contributed by atoms with E-state index in [1.54, 1.807) is 0 Å². The van der Waals surface area contributed by atoms with Gasteiger partial charge < -0.3 is 19.7 Å². The molecule has 0 bridgehead atoms. The second-order valence-corrected chi connectivity index (χ2v) is 15.8. The van der Waals surface area contributed by atoms with Crippen molar-refractivity contribution in [3.05, 3.63) is 0 Å². The minimum Gasteiger partial charge on any atom is -0.421 e. The molecule has 0 heterocycles. The van der Waals surface area contributed by atoms with E-state index in [2.05, 4.69) is 26.9 Å². The molecule has 31 heavy (non-hydrogen) atoms. The van der Waals surface area contributed by atoms with Gasteiger partial charge in [0.1, 0.15) is 0 Å². The number of hydrogen-bond donors (Lipinski definition) is 3. The highest BCUT2D eigenvalue weighted by molar-refractivity contribution is 6.48. The quantitative estimate of drug-likeness (QED) is 0.443. The van der Waals surface area contributed by atoms with Crippen LogP contribution in [0.15, 0.2) is 0 Å². The second-order valence-electron chi connectivity index (χ2n) is 13.4. The van der Waals surface area contributed by atoms with Gasteiger partial charge in [0.25, 0.3) is 0 Å². The minimum absolute atomic E-state index is 0.0319. The summed E-state index contributed by atoms with van der Waals surface area (Å²) in [5.74, 6) is 4.07. The Morgan fingerprint density at radius 1 is 0.935 bits per heavy atom. The van der Waals surface area contributed by atoms with Crippen molar-refractivity contribution >= 4 is 9.04 Å². The van der Waals surface area contributed by atoms with E-state index in [4.69, 9.17) is 4.43 Å². The number of fused-ring (bicyclic) bond motifs is 10. The van der Waals surface area contributed by atoms with Crippen LogP contribution in [0.5, 0.6) is 0 Å². The van der Waals surface area contributed by atoms with Crippen LogP contribution in [-0.4, -0.2) is 48.3 Å². The molecule has 0 spiro atoms. The molecule has 176 valence electrons. The van der Waals surface area contributed by atoms with Crippen molar-refractivity contribution in [2.24, 2.45) is 52.3 Å². The van der Waals surface area contributed by atoms with Crippen LogP contribution in [0.4, 0.5) is 0 Å². The molecule has 0 aromatic heterocycles. The molecular formula is C26H44O4Si. The molecule has 6 saturated carbocycles. The van der Waals surface area contributed by atoms with Crippen molar-refractivity contribution in [3.63, 3.8) is 0 Å². The first-order chi connectivity index (χ1) is 14.6. The van der Waals surface area contributed by atoms with Crippen LogP contribution in [0, 0.1) is 52.3 Å². The van der Waals surface area contributed by atoms with Gasteiger partial charge in [-0.3, -0.25) is 0 Å². The van der Waals surface area contributed by atoms with Crippen molar-refractivity contribution in [1.82, 2.24) is 0 Å². The lowest BCUT2D eigenvalue weighted by Gasteiger charge is -2.64. The van der Waals surface area contributed by atoms with Gasteiger partial charge in [-0.05, 0) is 117 Å². The first kappa shape index (κ1) is 21.6. The lowest BCUT2D eigenvalue weighted by Crippen LogP contribution is -2.65. The maximum atomic E-state index is 12.2. The van der Waals surface area contributed by atoms with Crippen LogP contribution in [0.2, 0.25) is 13.1 Å². The molecule has 6 aliphatic rings. The Kier molecular flexibility index (Phi) is 4.59. The van der Waals surface area contributed by atoms with Gasteiger partial charge in [-0.2, -0.15) is 0 Å². The first-order valence-electron chi connectivity index (χ1n) is 13.3. The monoisotopic (exact) mass is 448 g/mol. The van der Waals surface area contributed by atoms with Gasteiger partial charge in [0, 0.05) is 13.0 Å². The van der Waals surface area contributed by atoms with E-state index in [1.165, 1.54) is 6.42 Å². The number of aliphatic hydroxyl groups excluding tert-OH is 1. The van der Waals surface area contributed by atoms with Crippen molar-refractivity contribution in [3.8, 4) is 0 Å². The molecule has 0 aromatic rings. The highest BCUT2D eigenvalue weighted by Crippen LogP contribution is 2.82. The summed E-state index contributed by atoms with van der Waals surface area (Å²) in [6, 6.07) is 0. The zero-order chi connectivity index (χ0) is 22.0. The summed E-state index contributed by atoms with van der Waals surface area (Å²) in [4.78, 5) is 0. The van der Waals surface area contributed by atoms with Crippen molar-refractivity contribution in [1.29, 1.82) is 0 Å². The Bertz CT molecular complexity index is 760. The van der Waals surface area contributed by atoms with E-state index in [0.717, 1.165) is 51.6 Å². The van der Waals surface area contributed by atoms with E-state index in [1.807, 2.05) is 0 Å². The third kappa shape index (κ3) is 2.62. The largest absolute Gasteiger partial charge is 0.421 e. The van der Waals surface area contributed by atoms with Gasteiger partial charge in [0.05, 0.1) is 17.3 Å². The van der Waals surface area contributed by atoms with Crippen LogP contribution < -0.4 is 0 Å². The molecule has 3 unspecified atom stereocenters. The smallest absolute Gasteiger partial charge is 0.170 e. The predicted octanol–water partition coefficient (Wildman–Crippen LogP) is 3.73. The minimum atomic E-state index is -0.991. The third-order valence-electron chi connectivity index (χ3n) is 11.9. The average molecular weight is 449 g/mol. The summed E-state index contributed by atoms with van der Waals surface area (Å²) in [5.41, 5.74) is -1.21. The Morgan fingerprint density at radius 2 is 1.65 bits per heavy atom. The summed E-state index contributed by atoms with van der Waals surface area (Å²) >= 11 is 0. The van der Waals surface area contributed by atoms with Gasteiger partial charge >= 0.3 is 0 Å². The van der Waals surface area contributed by atoms with Gasteiger partial charge in [0.2, 0.25) is 0 Å². The molecule has 4 nitrogen and oxygen atoms in total. The molecule has 3 N–H and O–H groups in total. The normalized spacial score (nSPS) is 61.2. The maximum absolute atomic E-state index is 12.2. The molecule has 12 atom stereocenters. The van der Waals surface area contributed by atoms with E-state index in [9.17, 15) is 15.3 Å². The standard InChI is InChI=1S/C26H44O4Si/c1-23-9-6-15(27)14-26(23,29)19-12-16(19)21-18(23)7-10-24(2)22(21)17-13-20(17)25(24,28)8-5-11-30-31(3)4/h15-22,27-29,31H,5-14H2,1-4H3/t15-,16-,17+,18?,19+,20-,21?,22?,23+,24-,25-,26+/m0/s1. The van der Waals surface area contributed by atoms with Gasteiger partial charge in [-0.1, -0.05) is 13.8 Å². The summed E-state index contributed by atoms with van der Waals surface area (Å²) in [7, 11) is -0.991. The zero-order valence-corrected chi connectivity index (χ0v) is 21.2. The summed E-state index contributed by atoms with van der Waals surface area (Å²) < 4.78 is 5.95. The molecule has 6 aliphatic carbocycles. The summed E-state index contributed by atoms with van der Waals surface area (Å²) in [6.07, 6.45) is 8.58. The molecule has 0 saturated heterocycles. The molecule has 5 heteroatoms. The van der Waals surface area contributed by atoms with E-state index >= 15 is 0 Å². The van der Waals surface area contributed by atoms with Crippen molar-refractivity contribution in [2.45, 2.75) is 102 Å². The van der Waals surface area contributed by atoms with Crippen LogP contribution in [-0.2, 0) is 4.43 Å². The van der Waals surface area contributed by atoms with Crippen LogP contribution >= 0.6 is 0 Å². The summed E-state index contributed by atoms with van der Waals surface area (Å²) in [6.45, 7) is 10.1. The molecule has 0 amide bonds. The Morgan fingerprint density at radius 3 is 2.39 bits per heavy atom. The van der Waals surface area contributed by atoms with E-state index in [-0.39, 0.29) is 16.9 Å². The van der Waals surface area contributed by atoms with E-state index in [0.29, 0.717) is 47.8 Å². The first-order valence-corrected chi connectivity index (χ1v) is 16.1. The topological polar surface area (TPSA) is 69.9 Å². The second kappa shape index (κ2) is 6.59. The predicted molar refractivity (Wildman–Crippen MR) is 123 cm³/mol. The highest BCUT2D eigenvalue weighted by Gasteiger charge is 2.81. The molecule has 0 radical (unpaired) electrons. The fraction of sp³-hybridized carbons (Fsp3) is 1.00. The Labute approximate surface area is 189 Å². The van der Waals surface area contributed by atoms with Gasteiger partial charge in [0.15, 0.2) is 9.04 Å². The van der Waals surface area contributed by atoms with Crippen LogP contribution in [0.1, 0.15) is 71.6 Å². The fourth-order valence-electron chi connectivity index (χ4n) is 10.4. The van der Waals surface area contributed by atoms with Crippen molar-refractivity contribution in [2.75, 3.05) is 6.61 Å². The highest BCUT2D eigenvalue weighted by atomic mass is 28.3. The lowest BCUT2D eigenvalue weighted by atomic mass is 9.42. The third-order valence-corrected chi connectivity index (χ3v) is 12.8.